The van der Waals surface area contributed by atoms with Gasteiger partial charge in [-0.25, -0.2) is 9.78 Å². The number of hydrogen-bond acceptors (Lipinski definition) is 5. The molecule has 0 amide bonds. The zero-order valence-corrected chi connectivity index (χ0v) is 12.2. The van der Waals surface area contributed by atoms with Gasteiger partial charge in [0.2, 0.25) is 0 Å². The average molecular weight is 285 g/mol. The van der Waals surface area contributed by atoms with Gasteiger partial charge in [0.15, 0.2) is 0 Å². The summed E-state index contributed by atoms with van der Waals surface area (Å²) < 4.78 is 4.82. The predicted octanol–water partition coefficient (Wildman–Crippen LogP) is 2.48. The lowest BCUT2D eigenvalue weighted by Crippen LogP contribution is -2.25. The Morgan fingerprint density at radius 3 is 2.67 bits per heavy atom. The number of methoxy groups -OCH3 is 1. The van der Waals surface area contributed by atoms with Crippen LogP contribution < -0.4 is 10.6 Å². The number of benzene rings is 1. The Bertz CT molecular complexity index is 614. The number of nitrogens with zero attached hydrogens (tertiary/aromatic N) is 2. The third kappa shape index (κ3) is 3.51. The van der Waals surface area contributed by atoms with Crippen LogP contribution in [0.5, 0.6) is 0 Å². The van der Waals surface area contributed by atoms with Crippen LogP contribution >= 0.6 is 0 Å². The van der Waals surface area contributed by atoms with Crippen LogP contribution in [-0.2, 0) is 11.3 Å². The molecule has 1 aromatic carbocycles. The van der Waals surface area contributed by atoms with Crippen LogP contribution in [0.15, 0.2) is 42.6 Å². The molecule has 0 saturated heterocycles. The number of hydrogen-bond donors (Lipinski definition) is 1. The van der Waals surface area contributed by atoms with Crippen molar-refractivity contribution in [2.24, 2.45) is 0 Å². The van der Waals surface area contributed by atoms with Gasteiger partial charge in [-0.15, -0.1) is 0 Å². The van der Waals surface area contributed by atoms with Gasteiger partial charge >= 0.3 is 5.97 Å². The first-order chi connectivity index (χ1) is 10.2. The fraction of sp³-hybridized carbons (Fsp3) is 0.250. The maximum absolute atomic E-state index is 11.9. The fourth-order valence-electron chi connectivity index (χ4n) is 2.13. The van der Waals surface area contributed by atoms with Crippen molar-refractivity contribution in [1.82, 2.24) is 4.98 Å². The van der Waals surface area contributed by atoms with E-state index in [1.807, 2.05) is 42.2 Å². The third-order valence-corrected chi connectivity index (χ3v) is 3.19. The number of nitrogen functional groups attached to an aromatic ring is 1. The fourth-order valence-corrected chi connectivity index (χ4v) is 2.13. The van der Waals surface area contributed by atoms with Crippen molar-refractivity contribution in [3.05, 3.63) is 53.7 Å². The molecule has 0 aliphatic carbocycles. The Labute approximate surface area is 124 Å². The molecule has 0 aliphatic rings. The van der Waals surface area contributed by atoms with Gasteiger partial charge in [-0.2, -0.15) is 0 Å². The van der Waals surface area contributed by atoms with Crippen molar-refractivity contribution in [3.63, 3.8) is 0 Å². The molecule has 21 heavy (non-hydrogen) atoms. The Morgan fingerprint density at radius 2 is 2.05 bits per heavy atom. The van der Waals surface area contributed by atoms with Crippen molar-refractivity contribution in [1.29, 1.82) is 0 Å². The van der Waals surface area contributed by atoms with Crippen LogP contribution in [0.25, 0.3) is 0 Å². The van der Waals surface area contributed by atoms with Crippen molar-refractivity contribution in [3.8, 4) is 0 Å². The molecule has 0 fully saturated rings. The first-order valence-electron chi connectivity index (χ1n) is 6.78. The molecule has 1 aromatic heterocycles. The quantitative estimate of drug-likeness (QED) is 0.855. The maximum Gasteiger partial charge on any atom is 0.341 e. The number of carbonyl (C=O) groups is 1. The standard InChI is InChI=1S/C16H19N3O2/c1-3-19(11-12-7-5-4-6-8-12)15-14(16(20)21-2)9-13(17)10-18-15/h4-10H,3,11,17H2,1-2H3. The molecule has 5 heteroatoms. The highest BCUT2D eigenvalue weighted by Gasteiger charge is 2.18. The molecule has 0 unspecified atom stereocenters. The van der Waals surface area contributed by atoms with Gasteiger partial charge in [0.1, 0.15) is 11.4 Å². The second-order valence-corrected chi connectivity index (χ2v) is 4.63. The molecule has 1 heterocycles. The number of carbonyl (C=O) groups excluding carboxylic acids is 1. The van der Waals surface area contributed by atoms with Gasteiger partial charge in [-0.3, -0.25) is 0 Å². The van der Waals surface area contributed by atoms with E-state index in [-0.39, 0.29) is 0 Å². The second kappa shape index (κ2) is 6.74. The first-order valence-corrected chi connectivity index (χ1v) is 6.78. The van der Waals surface area contributed by atoms with Gasteiger partial charge in [-0.05, 0) is 18.6 Å². The minimum atomic E-state index is -0.434. The van der Waals surface area contributed by atoms with E-state index in [4.69, 9.17) is 10.5 Å². The molecule has 2 aromatic rings. The zero-order chi connectivity index (χ0) is 15.2. The molecule has 0 saturated carbocycles. The number of esters is 1. The minimum absolute atomic E-state index is 0.385. The molecule has 0 spiro atoms. The number of rotatable bonds is 5. The summed E-state index contributed by atoms with van der Waals surface area (Å²) in [7, 11) is 1.35. The van der Waals surface area contributed by atoms with E-state index >= 15 is 0 Å². The van der Waals surface area contributed by atoms with E-state index in [2.05, 4.69) is 4.98 Å². The summed E-state index contributed by atoms with van der Waals surface area (Å²) in [5, 5.41) is 0. The number of aromatic nitrogens is 1. The van der Waals surface area contributed by atoms with E-state index in [1.54, 1.807) is 12.3 Å². The summed E-state index contributed by atoms with van der Waals surface area (Å²) in [5.74, 6) is 0.152. The minimum Gasteiger partial charge on any atom is -0.465 e. The van der Waals surface area contributed by atoms with Crippen LogP contribution in [-0.4, -0.2) is 24.6 Å². The number of nitrogens with two attached hydrogens (primary N) is 1. The summed E-state index contributed by atoms with van der Waals surface area (Å²) in [6.07, 6.45) is 1.55. The summed E-state index contributed by atoms with van der Waals surface area (Å²) in [4.78, 5) is 18.2. The monoisotopic (exact) mass is 285 g/mol. The number of ether oxygens (including phenoxy) is 1. The van der Waals surface area contributed by atoms with Crippen LogP contribution in [0.1, 0.15) is 22.8 Å². The van der Waals surface area contributed by atoms with E-state index in [0.29, 0.717) is 23.6 Å². The highest BCUT2D eigenvalue weighted by Crippen LogP contribution is 2.22. The van der Waals surface area contributed by atoms with E-state index in [0.717, 1.165) is 12.1 Å². The summed E-state index contributed by atoms with van der Waals surface area (Å²) in [6, 6.07) is 11.6. The van der Waals surface area contributed by atoms with Gasteiger partial charge in [-0.1, -0.05) is 30.3 Å². The molecule has 2 rings (SSSR count). The Kier molecular flexibility index (Phi) is 4.77. The van der Waals surface area contributed by atoms with Gasteiger partial charge in [0.25, 0.3) is 0 Å². The summed E-state index contributed by atoms with van der Waals surface area (Å²) in [5.41, 5.74) is 7.70. The Hall–Kier alpha value is -2.56. The zero-order valence-electron chi connectivity index (χ0n) is 12.2. The normalized spacial score (nSPS) is 10.2. The topological polar surface area (TPSA) is 68.5 Å². The Morgan fingerprint density at radius 1 is 1.33 bits per heavy atom. The molecule has 0 bridgehead atoms. The smallest absolute Gasteiger partial charge is 0.341 e. The number of pyridine rings is 1. The molecular weight excluding hydrogens is 266 g/mol. The van der Waals surface area contributed by atoms with E-state index in [1.165, 1.54) is 7.11 Å². The molecule has 0 atom stereocenters. The molecule has 0 radical (unpaired) electrons. The largest absolute Gasteiger partial charge is 0.465 e. The molecule has 2 N–H and O–H groups in total. The SMILES string of the molecule is CCN(Cc1ccccc1)c1ncc(N)cc1C(=O)OC. The van der Waals surface area contributed by atoms with Crippen LogP contribution in [0.3, 0.4) is 0 Å². The lowest BCUT2D eigenvalue weighted by Gasteiger charge is -2.24. The maximum atomic E-state index is 11.9. The van der Waals surface area contributed by atoms with E-state index in [9.17, 15) is 4.79 Å². The average Bonchev–Trinajstić information content (AvgIpc) is 2.53. The molecule has 110 valence electrons. The van der Waals surface area contributed by atoms with Crippen molar-refractivity contribution in [2.45, 2.75) is 13.5 Å². The van der Waals surface area contributed by atoms with Crippen molar-refractivity contribution >= 4 is 17.5 Å². The first kappa shape index (κ1) is 14.8. The predicted molar refractivity (Wildman–Crippen MR) is 83.2 cm³/mol. The van der Waals surface area contributed by atoms with Crippen molar-refractivity contribution in [2.75, 3.05) is 24.3 Å². The highest BCUT2D eigenvalue weighted by molar-refractivity contribution is 5.95. The van der Waals surface area contributed by atoms with Crippen LogP contribution in [0, 0.1) is 0 Å². The third-order valence-electron chi connectivity index (χ3n) is 3.19. The summed E-state index contributed by atoms with van der Waals surface area (Å²) >= 11 is 0. The van der Waals surface area contributed by atoms with Crippen molar-refractivity contribution < 1.29 is 9.53 Å². The van der Waals surface area contributed by atoms with Gasteiger partial charge < -0.3 is 15.4 Å². The molecule has 5 nitrogen and oxygen atoms in total. The Balaban J connectivity index is 2.35. The van der Waals surface area contributed by atoms with E-state index < -0.39 is 5.97 Å². The van der Waals surface area contributed by atoms with Gasteiger partial charge in [0.05, 0.1) is 19.0 Å². The van der Waals surface area contributed by atoms with Gasteiger partial charge in [0, 0.05) is 13.1 Å². The second-order valence-electron chi connectivity index (χ2n) is 4.63. The molecule has 0 aliphatic heterocycles. The molecular formula is C16H19N3O2. The highest BCUT2D eigenvalue weighted by atomic mass is 16.5. The summed E-state index contributed by atoms with van der Waals surface area (Å²) in [6.45, 7) is 3.40. The lowest BCUT2D eigenvalue weighted by atomic mass is 10.2. The van der Waals surface area contributed by atoms with Crippen LogP contribution in [0.2, 0.25) is 0 Å². The lowest BCUT2D eigenvalue weighted by molar-refractivity contribution is 0.0601. The van der Waals surface area contributed by atoms with Crippen LogP contribution in [0.4, 0.5) is 11.5 Å². The number of anilines is 2.